The topological polar surface area (TPSA) is 72.6 Å². The Morgan fingerprint density at radius 2 is 2.10 bits per heavy atom. The summed E-state index contributed by atoms with van der Waals surface area (Å²) in [6.07, 6.45) is 0.568. The zero-order valence-corrected chi connectivity index (χ0v) is 13.1. The van der Waals surface area contributed by atoms with Crippen LogP contribution < -0.4 is 5.73 Å². The van der Waals surface area contributed by atoms with Crippen molar-refractivity contribution >= 4 is 27.2 Å². The second-order valence-electron chi connectivity index (χ2n) is 4.81. The van der Waals surface area contributed by atoms with Crippen LogP contribution in [0, 0.1) is 0 Å². The van der Waals surface area contributed by atoms with E-state index in [0.717, 1.165) is 0 Å². The predicted molar refractivity (Wildman–Crippen MR) is 81.1 cm³/mol. The Kier molecular flexibility index (Phi) is 4.43. The van der Waals surface area contributed by atoms with Crippen molar-refractivity contribution in [3.63, 3.8) is 0 Å². The fourth-order valence-corrected chi connectivity index (χ4v) is 4.32. The van der Waals surface area contributed by atoms with Gasteiger partial charge in [-0.3, -0.25) is 0 Å². The molecule has 5 nitrogen and oxygen atoms in total. The van der Waals surface area contributed by atoms with Gasteiger partial charge in [0, 0.05) is 19.2 Å². The highest BCUT2D eigenvalue weighted by molar-refractivity contribution is 7.89. The number of rotatable bonds is 4. The summed E-state index contributed by atoms with van der Waals surface area (Å²) in [5.74, 6) is 0. The number of nitrogens with two attached hydrogens (primary N) is 1. The fourth-order valence-electron chi connectivity index (χ4n) is 2.43. The third kappa shape index (κ3) is 2.71. The first-order valence-corrected chi connectivity index (χ1v) is 8.19. The summed E-state index contributed by atoms with van der Waals surface area (Å²) in [5, 5.41) is 0. The van der Waals surface area contributed by atoms with Gasteiger partial charge in [-0.1, -0.05) is 30.4 Å². The van der Waals surface area contributed by atoms with E-state index in [1.165, 1.54) is 10.4 Å². The number of sulfonamides is 1. The Bertz CT molecular complexity index is 616. The Morgan fingerprint density at radius 3 is 2.65 bits per heavy atom. The van der Waals surface area contributed by atoms with Crippen LogP contribution in [0.1, 0.15) is 18.9 Å². The second kappa shape index (κ2) is 5.77. The van der Waals surface area contributed by atoms with Crippen molar-refractivity contribution in [3.8, 4) is 0 Å². The lowest BCUT2D eigenvalue weighted by molar-refractivity contribution is 0.102. The van der Waals surface area contributed by atoms with Gasteiger partial charge in [-0.05, 0) is 19.4 Å². The van der Waals surface area contributed by atoms with Gasteiger partial charge in [-0.25, -0.2) is 8.42 Å². The van der Waals surface area contributed by atoms with Crippen LogP contribution in [0.3, 0.4) is 0 Å². The molecule has 0 amide bonds. The van der Waals surface area contributed by atoms with Gasteiger partial charge in [-0.2, -0.15) is 4.31 Å². The van der Waals surface area contributed by atoms with Gasteiger partial charge in [0.15, 0.2) is 0 Å². The third-order valence-corrected chi connectivity index (χ3v) is 5.77. The molecule has 0 aromatic heterocycles. The summed E-state index contributed by atoms with van der Waals surface area (Å²) in [6, 6.07) is 6.36. The number of hydrogen-bond acceptors (Lipinski definition) is 4. The smallest absolute Gasteiger partial charge is 0.243 e. The monoisotopic (exact) mass is 314 g/mol. The minimum atomic E-state index is -3.65. The zero-order chi connectivity index (χ0) is 14.9. The summed E-state index contributed by atoms with van der Waals surface area (Å²) in [5.41, 5.74) is 5.99. The fraction of sp³-hybridized carbons (Fsp3) is 0.462. The van der Waals surface area contributed by atoms with Gasteiger partial charge in [-0.15, -0.1) is 0 Å². The van der Waals surface area contributed by atoms with Gasteiger partial charge in [0.05, 0.1) is 17.0 Å². The van der Waals surface area contributed by atoms with E-state index in [9.17, 15) is 8.42 Å². The largest absolute Gasteiger partial charge is 0.389 e. The molecule has 0 bridgehead atoms. The van der Waals surface area contributed by atoms with E-state index in [2.05, 4.69) is 0 Å². The molecule has 2 N–H and O–H groups in total. The molecule has 1 aliphatic rings. The standard InChI is InChI=1S/C13H18N2O3S2/c1-9-11(7-8-18-9)15(2)20(16,17)12-6-4-3-5-10(12)13(14)19/h3-6,9,11H,7-8H2,1-2H3,(H2,14,19). The van der Waals surface area contributed by atoms with Gasteiger partial charge < -0.3 is 10.5 Å². The molecule has 7 heteroatoms. The minimum absolute atomic E-state index is 0.0771. The van der Waals surface area contributed by atoms with Crippen LogP contribution in [0.15, 0.2) is 29.2 Å². The zero-order valence-electron chi connectivity index (χ0n) is 11.4. The first-order chi connectivity index (χ1) is 9.35. The van der Waals surface area contributed by atoms with E-state index in [0.29, 0.717) is 18.6 Å². The Balaban J connectivity index is 2.43. The van der Waals surface area contributed by atoms with Gasteiger partial charge in [0.1, 0.15) is 4.99 Å². The van der Waals surface area contributed by atoms with Gasteiger partial charge in [0.25, 0.3) is 0 Å². The Morgan fingerprint density at radius 1 is 1.45 bits per heavy atom. The Hall–Kier alpha value is -1.02. The highest BCUT2D eigenvalue weighted by Crippen LogP contribution is 2.26. The first-order valence-electron chi connectivity index (χ1n) is 6.34. The maximum absolute atomic E-state index is 12.7. The Labute approximate surface area is 124 Å². The molecule has 20 heavy (non-hydrogen) atoms. The number of ether oxygens (including phenoxy) is 1. The molecule has 0 spiro atoms. The normalized spacial score (nSPS) is 23.1. The highest BCUT2D eigenvalue weighted by atomic mass is 32.2. The average molecular weight is 314 g/mol. The third-order valence-electron chi connectivity index (χ3n) is 3.61. The molecular weight excluding hydrogens is 296 g/mol. The quantitative estimate of drug-likeness (QED) is 0.843. The van der Waals surface area contributed by atoms with Crippen LogP contribution >= 0.6 is 12.2 Å². The van der Waals surface area contributed by atoms with E-state index in [4.69, 9.17) is 22.7 Å². The number of thiocarbonyl (C=S) groups is 1. The molecule has 1 heterocycles. The van der Waals surface area contributed by atoms with Crippen molar-refractivity contribution in [2.75, 3.05) is 13.7 Å². The molecule has 0 aliphatic carbocycles. The van der Waals surface area contributed by atoms with Crippen LogP contribution in [-0.2, 0) is 14.8 Å². The van der Waals surface area contributed by atoms with Crippen molar-refractivity contribution in [3.05, 3.63) is 29.8 Å². The summed E-state index contributed by atoms with van der Waals surface area (Å²) in [6.45, 7) is 2.45. The van der Waals surface area contributed by atoms with E-state index in [1.807, 2.05) is 6.92 Å². The molecule has 0 saturated carbocycles. The molecular formula is C13H18N2O3S2. The molecule has 2 unspecified atom stereocenters. The molecule has 1 fully saturated rings. The van der Waals surface area contributed by atoms with E-state index < -0.39 is 10.0 Å². The van der Waals surface area contributed by atoms with Crippen LogP contribution in [0.5, 0.6) is 0 Å². The molecule has 1 saturated heterocycles. The maximum Gasteiger partial charge on any atom is 0.243 e. The van der Waals surface area contributed by atoms with E-state index in [-0.39, 0.29) is 22.0 Å². The molecule has 110 valence electrons. The summed E-state index contributed by atoms with van der Waals surface area (Å²) >= 11 is 4.93. The molecule has 1 aromatic carbocycles. The summed E-state index contributed by atoms with van der Waals surface area (Å²) in [4.78, 5) is 0.224. The molecule has 1 aliphatic heterocycles. The van der Waals surface area contributed by atoms with Crippen molar-refractivity contribution in [2.45, 2.75) is 30.4 Å². The maximum atomic E-state index is 12.7. The summed E-state index contributed by atoms with van der Waals surface area (Å²) in [7, 11) is -2.07. The van der Waals surface area contributed by atoms with Crippen molar-refractivity contribution in [2.24, 2.45) is 5.73 Å². The SMILES string of the molecule is CC1OCCC1N(C)S(=O)(=O)c1ccccc1C(N)=S. The summed E-state index contributed by atoms with van der Waals surface area (Å²) < 4.78 is 32.3. The van der Waals surface area contributed by atoms with E-state index >= 15 is 0 Å². The first kappa shape index (κ1) is 15.4. The van der Waals surface area contributed by atoms with Crippen molar-refractivity contribution < 1.29 is 13.2 Å². The molecule has 2 rings (SSSR count). The number of likely N-dealkylation sites (N-methyl/N-ethyl adjacent to an activating group) is 1. The van der Waals surface area contributed by atoms with Gasteiger partial charge >= 0.3 is 0 Å². The predicted octanol–water partition coefficient (Wildman–Crippen LogP) is 1.12. The lowest BCUT2D eigenvalue weighted by Crippen LogP contribution is -2.41. The van der Waals surface area contributed by atoms with Crippen LogP contribution in [0.25, 0.3) is 0 Å². The van der Waals surface area contributed by atoms with Crippen molar-refractivity contribution in [1.29, 1.82) is 0 Å². The lowest BCUT2D eigenvalue weighted by atomic mass is 10.2. The van der Waals surface area contributed by atoms with Gasteiger partial charge in [0.2, 0.25) is 10.0 Å². The average Bonchev–Trinajstić information content (AvgIpc) is 2.83. The van der Waals surface area contributed by atoms with E-state index in [1.54, 1.807) is 25.2 Å². The number of nitrogens with zero attached hydrogens (tertiary/aromatic N) is 1. The molecule has 0 radical (unpaired) electrons. The molecule has 2 atom stereocenters. The lowest BCUT2D eigenvalue weighted by Gasteiger charge is -2.26. The minimum Gasteiger partial charge on any atom is -0.389 e. The van der Waals surface area contributed by atoms with Crippen LogP contribution in [0.2, 0.25) is 0 Å². The highest BCUT2D eigenvalue weighted by Gasteiger charge is 2.36. The van der Waals surface area contributed by atoms with Crippen LogP contribution in [0.4, 0.5) is 0 Å². The van der Waals surface area contributed by atoms with Crippen molar-refractivity contribution in [1.82, 2.24) is 4.31 Å². The number of hydrogen-bond donors (Lipinski definition) is 1. The van der Waals surface area contributed by atoms with Crippen LogP contribution in [-0.4, -0.2) is 43.5 Å². The second-order valence-corrected chi connectivity index (χ2v) is 7.22. The number of benzene rings is 1. The molecule has 1 aromatic rings.